The molecule has 1 aliphatic rings. The molecule has 30 heavy (non-hydrogen) atoms. The number of rotatable bonds is 4. The van der Waals surface area contributed by atoms with Crippen LogP contribution in [0, 0.1) is 17.1 Å². The van der Waals surface area contributed by atoms with Crippen molar-refractivity contribution in [1.29, 1.82) is 5.26 Å². The van der Waals surface area contributed by atoms with Crippen LogP contribution in [0.2, 0.25) is 0 Å². The van der Waals surface area contributed by atoms with Crippen molar-refractivity contribution in [2.75, 3.05) is 11.9 Å². The van der Waals surface area contributed by atoms with E-state index in [-0.39, 0.29) is 22.8 Å². The van der Waals surface area contributed by atoms with Gasteiger partial charge in [0.25, 0.3) is 11.8 Å². The molecule has 150 valence electrons. The Hall–Kier alpha value is -3.64. The van der Waals surface area contributed by atoms with Gasteiger partial charge in [0.1, 0.15) is 10.8 Å². The Balaban J connectivity index is 1.48. The maximum absolute atomic E-state index is 13.0. The van der Waals surface area contributed by atoms with E-state index in [9.17, 15) is 14.0 Å². The summed E-state index contributed by atoms with van der Waals surface area (Å²) in [5, 5.41) is 20.4. The number of nitriles is 1. The summed E-state index contributed by atoms with van der Waals surface area (Å²) in [7, 11) is 0. The quantitative estimate of drug-likeness (QED) is 0.691. The average molecular weight is 421 g/mol. The molecule has 1 fully saturated rings. The molecule has 7 nitrogen and oxygen atoms in total. The van der Waals surface area contributed by atoms with Crippen LogP contribution in [0.3, 0.4) is 0 Å². The van der Waals surface area contributed by atoms with Gasteiger partial charge in [0, 0.05) is 17.8 Å². The number of carbonyl (C=O) groups is 2. The predicted molar refractivity (Wildman–Crippen MR) is 108 cm³/mol. The van der Waals surface area contributed by atoms with Crippen LogP contribution in [0.25, 0.3) is 0 Å². The van der Waals surface area contributed by atoms with Crippen molar-refractivity contribution in [2.24, 2.45) is 0 Å². The van der Waals surface area contributed by atoms with E-state index in [1.807, 2.05) is 6.07 Å². The van der Waals surface area contributed by atoms with Gasteiger partial charge in [-0.15, -0.1) is 10.2 Å². The van der Waals surface area contributed by atoms with Crippen molar-refractivity contribution in [3.05, 3.63) is 75.5 Å². The lowest BCUT2D eigenvalue weighted by molar-refractivity contribution is 0.0735. The molecule has 0 aliphatic carbocycles. The highest BCUT2D eigenvalue weighted by molar-refractivity contribution is 7.13. The van der Waals surface area contributed by atoms with E-state index in [1.165, 1.54) is 24.3 Å². The van der Waals surface area contributed by atoms with E-state index in [2.05, 4.69) is 15.5 Å². The summed E-state index contributed by atoms with van der Waals surface area (Å²) in [5.74, 6) is -0.970. The molecular weight excluding hydrogens is 405 g/mol. The second-order valence-corrected chi connectivity index (χ2v) is 7.76. The molecule has 0 saturated carbocycles. The maximum atomic E-state index is 13.0. The number of amides is 2. The van der Waals surface area contributed by atoms with Crippen LogP contribution in [0.1, 0.15) is 49.6 Å². The van der Waals surface area contributed by atoms with Crippen LogP contribution < -0.4 is 5.32 Å². The Labute approximate surface area is 175 Å². The Morgan fingerprint density at radius 2 is 1.87 bits per heavy atom. The van der Waals surface area contributed by atoms with Crippen LogP contribution in [0.5, 0.6) is 0 Å². The molecule has 3 aromatic rings. The highest BCUT2D eigenvalue weighted by atomic mass is 32.1. The van der Waals surface area contributed by atoms with Gasteiger partial charge in [0.2, 0.25) is 5.01 Å². The van der Waals surface area contributed by atoms with Crippen molar-refractivity contribution in [3.8, 4) is 6.07 Å². The lowest BCUT2D eigenvalue weighted by Gasteiger charge is -2.22. The second-order valence-electron chi connectivity index (χ2n) is 6.75. The molecule has 9 heteroatoms. The van der Waals surface area contributed by atoms with Gasteiger partial charge in [-0.2, -0.15) is 5.26 Å². The first-order valence-corrected chi connectivity index (χ1v) is 10.1. The topological polar surface area (TPSA) is 99.0 Å². The van der Waals surface area contributed by atoms with E-state index >= 15 is 0 Å². The fraction of sp³-hybridized carbons (Fsp3) is 0.190. The normalized spacial score (nSPS) is 15.6. The summed E-state index contributed by atoms with van der Waals surface area (Å²) < 4.78 is 13.0. The number of benzene rings is 2. The summed E-state index contributed by atoms with van der Waals surface area (Å²) >= 11 is 1.14. The van der Waals surface area contributed by atoms with E-state index in [1.54, 1.807) is 29.2 Å². The molecule has 1 aliphatic heterocycles. The molecular formula is C21H16FN5O2S. The molecule has 4 rings (SSSR count). The lowest BCUT2D eigenvalue weighted by atomic mass is 10.1. The summed E-state index contributed by atoms with van der Waals surface area (Å²) in [6.45, 7) is 0.584. The number of carbonyl (C=O) groups excluding carboxylic acids is 2. The van der Waals surface area contributed by atoms with Crippen LogP contribution in [0.15, 0.2) is 48.5 Å². The average Bonchev–Trinajstić information content (AvgIpc) is 3.44. The van der Waals surface area contributed by atoms with Gasteiger partial charge in [-0.05, 0) is 61.4 Å². The molecule has 1 saturated heterocycles. The number of nitrogens with zero attached hydrogens (tertiary/aromatic N) is 4. The highest BCUT2D eigenvalue weighted by Gasteiger charge is 2.33. The van der Waals surface area contributed by atoms with Crippen molar-refractivity contribution >= 4 is 28.8 Å². The Bertz CT molecular complexity index is 1120. The van der Waals surface area contributed by atoms with Crippen molar-refractivity contribution in [3.63, 3.8) is 0 Å². The number of anilines is 1. The number of halogens is 1. The van der Waals surface area contributed by atoms with E-state index in [0.717, 1.165) is 24.2 Å². The zero-order valence-electron chi connectivity index (χ0n) is 15.7. The molecule has 1 aromatic heterocycles. The first-order valence-electron chi connectivity index (χ1n) is 9.26. The van der Waals surface area contributed by atoms with Gasteiger partial charge in [0.05, 0.1) is 17.7 Å². The lowest BCUT2D eigenvalue weighted by Crippen LogP contribution is -2.30. The minimum absolute atomic E-state index is 0.144. The minimum atomic E-state index is -0.437. The number of nitrogens with one attached hydrogen (secondary N) is 1. The standard InChI is InChI=1S/C21H16FN5O2S/c22-15-7-9-16(10-8-15)24-18(28)20-26-25-19(30-20)17-2-1-11-27(17)21(29)14-5-3-13(12-23)4-6-14/h3-10,17H,1-2,11H2,(H,24,28)/t17-/m0/s1. The largest absolute Gasteiger partial charge is 0.329 e. The summed E-state index contributed by atoms with van der Waals surface area (Å²) in [6.07, 6.45) is 1.56. The number of hydrogen-bond acceptors (Lipinski definition) is 6. The molecule has 0 bridgehead atoms. The number of aromatic nitrogens is 2. The van der Waals surface area contributed by atoms with Gasteiger partial charge in [-0.3, -0.25) is 9.59 Å². The molecule has 0 unspecified atom stereocenters. The molecule has 0 spiro atoms. The Morgan fingerprint density at radius 3 is 2.57 bits per heavy atom. The molecule has 1 atom stereocenters. The van der Waals surface area contributed by atoms with Gasteiger partial charge < -0.3 is 10.2 Å². The fourth-order valence-corrected chi connectivity index (χ4v) is 4.18. The summed E-state index contributed by atoms with van der Waals surface area (Å²) in [4.78, 5) is 27.1. The van der Waals surface area contributed by atoms with Crippen molar-refractivity contribution < 1.29 is 14.0 Å². The van der Waals surface area contributed by atoms with Gasteiger partial charge in [-0.25, -0.2) is 4.39 Å². The predicted octanol–water partition coefficient (Wildman–Crippen LogP) is 3.78. The Morgan fingerprint density at radius 1 is 1.13 bits per heavy atom. The van der Waals surface area contributed by atoms with E-state index in [4.69, 9.17) is 5.26 Å². The van der Waals surface area contributed by atoms with E-state index in [0.29, 0.717) is 28.4 Å². The summed E-state index contributed by atoms with van der Waals surface area (Å²) in [6, 6.07) is 13.7. The third-order valence-corrected chi connectivity index (χ3v) is 5.82. The van der Waals surface area contributed by atoms with Crippen LogP contribution >= 0.6 is 11.3 Å². The highest BCUT2D eigenvalue weighted by Crippen LogP contribution is 2.34. The van der Waals surface area contributed by atoms with Gasteiger partial charge >= 0.3 is 0 Å². The van der Waals surface area contributed by atoms with Gasteiger partial charge in [0.15, 0.2) is 0 Å². The molecule has 2 heterocycles. The first-order chi connectivity index (χ1) is 14.5. The summed E-state index contributed by atoms with van der Waals surface area (Å²) in [5.41, 5.74) is 1.45. The smallest absolute Gasteiger partial charge is 0.286 e. The van der Waals surface area contributed by atoms with Crippen molar-refractivity contribution in [1.82, 2.24) is 15.1 Å². The number of likely N-dealkylation sites (tertiary alicyclic amines) is 1. The van der Waals surface area contributed by atoms with E-state index < -0.39 is 5.91 Å². The maximum Gasteiger partial charge on any atom is 0.286 e. The fourth-order valence-electron chi connectivity index (χ4n) is 3.30. The molecule has 1 N–H and O–H groups in total. The SMILES string of the molecule is N#Cc1ccc(C(=O)N2CCC[C@H]2c2nnc(C(=O)Nc3ccc(F)cc3)s2)cc1. The molecule has 0 radical (unpaired) electrons. The van der Waals surface area contributed by atoms with Gasteiger partial charge in [-0.1, -0.05) is 11.3 Å². The third kappa shape index (κ3) is 4.04. The zero-order valence-corrected chi connectivity index (χ0v) is 16.5. The van der Waals surface area contributed by atoms with Crippen LogP contribution in [-0.4, -0.2) is 33.5 Å². The van der Waals surface area contributed by atoms with Crippen molar-refractivity contribution in [2.45, 2.75) is 18.9 Å². The third-order valence-electron chi connectivity index (χ3n) is 4.80. The second kappa shape index (κ2) is 8.39. The molecule has 2 aromatic carbocycles. The van der Waals surface area contributed by atoms with Crippen LogP contribution in [-0.2, 0) is 0 Å². The Kier molecular flexibility index (Phi) is 5.50. The molecule has 2 amide bonds. The monoisotopic (exact) mass is 421 g/mol. The first kappa shape index (κ1) is 19.7. The minimum Gasteiger partial charge on any atom is -0.329 e. The van der Waals surface area contributed by atoms with Crippen LogP contribution in [0.4, 0.5) is 10.1 Å². The number of hydrogen-bond donors (Lipinski definition) is 1. The zero-order chi connectivity index (χ0) is 21.1.